The fourth-order valence-electron chi connectivity index (χ4n) is 6.40. The first-order chi connectivity index (χ1) is 15.5. The average Bonchev–Trinajstić information content (AvgIpc) is 3.05. The zero-order valence-corrected chi connectivity index (χ0v) is 19.3. The number of piperidine rings is 1. The quantitative estimate of drug-likeness (QED) is 0.616. The highest BCUT2D eigenvalue weighted by atomic mass is 16.3. The standard InChI is InChI=1S/C26H39N3O3/c27-26(32)21-9-4-8-20(14-21)22-15-23-10-11-24(16-22)29(23)13-5-12-28(25(31)18-30)17-19-6-2-1-3-7-19/h4,8-9,14,19,22-24,30H,1-3,5-7,10-13,15-18H2,(H2,27,32)/t22-,23+,24-. The summed E-state index contributed by atoms with van der Waals surface area (Å²) >= 11 is 0. The van der Waals surface area contributed by atoms with Crippen LogP contribution >= 0.6 is 0 Å². The average molecular weight is 442 g/mol. The fraction of sp³-hybridized carbons (Fsp3) is 0.692. The van der Waals surface area contributed by atoms with E-state index in [0.717, 1.165) is 38.9 Å². The normalized spacial score (nSPS) is 26.2. The van der Waals surface area contributed by atoms with Gasteiger partial charge in [0, 0.05) is 37.3 Å². The first-order valence-electron chi connectivity index (χ1n) is 12.6. The number of aliphatic hydroxyl groups excluding tert-OH is 1. The van der Waals surface area contributed by atoms with Crippen LogP contribution < -0.4 is 5.73 Å². The molecule has 2 amide bonds. The van der Waals surface area contributed by atoms with Gasteiger partial charge in [0.25, 0.3) is 0 Å². The minimum atomic E-state index is -0.381. The van der Waals surface area contributed by atoms with Gasteiger partial charge in [-0.1, -0.05) is 31.4 Å². The SMILES string of the molecule is NC(=O)c1cccc([C@H]2C[C@H]3CC[C@@H](C2)N3CCCN(CC2CCCCC2)C(=O)CO)c1. The Morgan fingerprint density at radius 3 is 2.44 bits per heavy atom. The fourth-order valence-corrected chi connectivity index (χ4v) is 6.40. The summed E-state index contributed by atoms with van der Waals surface area (Å²) in [5.74, 6) is 0.609. The Balaban J connectivity index is 1.30. The van der Waals surface area contributed by atoms with Crippen molar-refractivity contribution < 1.29 is 14.7 Å². The van der Waals surface area contributed by atoms with Gasteiger partial charge >= 0.3 is 0 Å². The lowest BCUT2D eigenvalue weighted by Crippen LogP contribution is -2.44. The molecule has 0 aromatic heterocycles. The lowest BCUT2D eigenvalue weighted by atomic mass is 9.84. The molecule has 3 fully saturated rings. The Kier molecular flexibility index (Phi) is 7.84. The number of rotatable bonds is 9. The molecule has 32 heavy (non-hydrogen) atoms. The number of carbonyl (C=O) groups is 2. The van der Waals surface area contributed by atoms with Crippen molar-refractivity contribution in [2.24, 2.45) is 11.7 Å². The number of hydrogen-bond donors (Lipinski definition) is 2. The van der Waals surface area contributed by atoms with Gasteiger partial charge in [-0.2, -0.15) is 0 Å². The molecule has 176 valence electrons. The summed E-state index contributed by atoms with van der Waals surface area (Å²) < 4.78 is 0. The maximum atomic E-state index is 12.3. The van der Waals surface area contributed by atoms with Gasteiger partial charge < -0.3 is 15.7 Å². The van der Waals surface area contributed by atoms with Gasteiger partial charge in [0.05, 0.1) is 0 Å². The number of primary amides is 1. The maximum Gasteiger partial charge on any atom is 0.248 e. The van der Waals surface area contributed by atoms with Crippen LogP contribution in [0.2, 0.25) is 0 Å². The highest BCUT2D eigenvalue weighted by Crippen LogP contribution is 2.43. The van der Waals surface area contributed by atoms with Gasteiger partial charge in [0.15, 0.2) is 0 Å². The Labute approximate surface area is 192 Å². The van der Waals surface area contributed by atoms with Crippen molar-refractivity contribution >= 4 is 11.8 Å². The Morgan fingerprint density at radius 2 is 1.78 bits per heavy atom. The second-order valence-corrected chi connectivity index (χ2v) is 10.1. The largest absolute Gasteiger partial charge is 0.387 e. The van der Waals surface area contributed by atoms with Crippen molar-refractivity contribution in [1.82, 2.24) is 9.80 Å². The van der Waals surface area contributed by atoms with E-state index in [-0.39, 0.29) is 18.4 Å². The van der Waals surface area contributed by atoms with Crippen LogP contribution in [0.3, 0.4) is 0 Å². The molecule has 2 saturated heterocycles. The smallest absolute Gasteiger partial charge is 0.248 e. The van der Waals surface area contributed by atoms with Gasteiger partial charge in [-0.25, -0.2) is 0 Å². The van der Waals surface area contributed by atoms with Crippen LogP contribution in [0.1, 0.15) is 86.0 Å². The molecule has 2 bridgehead atoms. The molecule has 6 heteroatoms. The van der Waals surface area contributed by atoms with E-state index in [1.807, 2.05) is 17.0 Å². The van der Waals surface area contributed by atoms with Crippen molar-refractivity contribution in [3.63, 3.8) is 0 Å². The molecule has 1 aromatic carbocycles. The molecule has 3 N–H and O–H groups in total. The molecule has 1 aromatic rings. The molecule has 1 saturated carbocycles. The Morgan fingerprint density at radius 1 is 1.06 bits per heavy atom. The zero-order chi connectivity index (χ0) is 22.5. The van der Waals surface area contributed by atoms with E-state index in [1.165, 1.54) is 50.5 Å². The third-order valence-electron chi connectivity index (χ3n) is 8.06. The molecule has 0 spiro atoms. The lowest BCUT2D eigenvalue weighted by Gasteiger charge is -2.39. The van der Waals surface area contributed by atoms with Crippen LogP contribution in [0.15, 0.2) is 24.3 Å². The van der Waals surface area contributed by atoms with Crippen LogP contribution in [0.25, 0.3) is 0 Å². The molecule has 3 aliphatic rings. The van der Waals surface area contributed by atoms with Crippen molar-refractivity contribution in [2.75, 3.05) is 26.2 Å². The minimum absolute atomic E-state index is 0.119. The number of hydrogen-bond acceptors (Lipinski definition) is 4. The molecule has 0 unspecified atom stereocenters. The Bertz CT molecular complexity index is 778. The number of carbonyl (C=O) groups excluding carboxylic acids is 2. The summed E-state index contributed by atoms with van der Waals surface area (Å²) in [6.45, 7) is 2.19. The molecular formula is C26H39N3O3. The van der Waals surface area contributed by atoms with Crippen LogP contribution in [0, 0.1) is 5.92 Å². The van der Waals surface area contributed by atoms with Crippen LogP contribution in [0.4, 0.5) is 0 Å². The second kappa shape index (κ2) is 10.8. The van der Waals surface area contributed by atoms with Gasteiger partial charge in [0.2, 0.25) is 11.8 Å². The number of fused-ring (bicyclic) bond motifs is 2. The van der Waals surface area contributed by atoms with Crippen molar-refractivity contribution in [3.8, 4) is 0 Å². The lowest BCUT2D eigenvalue weighted by molar-refractivity contribution is -0.135. The van der Waals surface area contributed by atoms with Crippen molar-refractivity contribution in [1.29, 1.82) is 0 Å². The number of amides is 2. The van der Waals surface area contributed by atoms with Crippen molar-refractivity contribution in [2.45, 2.75) is 82.2 Å². The molecule has 6 nitrogen and oxygen atoms in total. The molecule has 2 aliphatic heterocycles. The third-order valence-corrected chi connectivity index (χ3v) is 8.06. The first-order valence-corrected chi connectivity index (χ1v) is 12.6. The van der Waals surface area contributed by atoms with Gasteiger partial charge in [-0.15, -0.1) is 0 Å². The van der Waals surface area contributed by atoms with E-state index >= 15 is 0 Å². The topological polar surface area (TPSA) is 86.9 Å². The van der Waals surface area contributed by atoms with Crippen LogP contribution in [-0.2, 0) is 4.79 Å². The highest BCUT2D eigenvalue weighted by Gasteiger charge is 2.40. The van der Waals surface area contributed by atoms with E-state index in [2.05, 4.69) is 11.0 Å². The number of nitrogens with two attached hydrogens (primary N) is 1. The molecule has 2 heterocycles. The van der Waals surface area contributed by atoms with Crippen LogP contribution in [0.5, 0.6) is 0 Å². The van der Waals surface area contributed by atoms with Crippen molar-refractivity contribution in [3.05, 3.63) is 35.4 Å². The van der Waals surface area contributed by atoms with E-state index in [4.69, 9.17) is 5.73 Å². The van der Waals surface area contributed by atoms with Gasteiger partial charge in [-0.05, 0) is 74.5 Å². The first kappa shape index (κ1) is 23.2. The maximum absolute atomic E-state index is 12.3. The summed E-state index contributed by atoms with van der Waals surface area (Å²) in [7, 11) is 0. The highest BCUT2D eigenvalue weighted by molar-refractivity contribution is 5.92. The monoisotopic (exact) mass is 441 g/mol. The summed E-state index contributed by atoms with van der Waals surface area (Å²) in [6, 6.07) is 9.01. The number of benzene rings is 1. The molecule has 3 atom stereocenters. The summed E-state index contributed by atoms with van der Waals surface area (Å²) in [5, 5.41) is 9.44. The van der Waals surface area contributed by atoms with Gasteiger partial charge in [-0.3, -0.25) is 14.5 Å². The number of nitrogens with zero attached hydrogens (tertiary/aromatic N) is 2. The molecular weight excluding hydrogens is 402 g/mol. The summed E-state index contributed by atoms with van der Waals surface area (Å²) in [5.41, 5.74) is 7.32. The predicted octanol–water partition coefficient (Wildman–Crippen LogP) is 3.29. The van der Waals surface area contributed by atoms with Gasteiger partial charge in [0.1, 0.15) is 6.61 Å². The molecule has 0 radical (unpaired) electrons. The minimum Gasteiger partial charge on any atom is -0.387 e. The Hall–Kier alpha value is -1.92. The van der Waals surface area contributed by atoms with Crippen LogP contribution in [-0.4, -0.2) is 65.0 Å². The van der Waals surface area contributed by atoms with E-state index in [1.54, 1.807) is 6.07 Å². The molecule has 4 rings (SSSR count). The summed E-state index contributed by atoms with van der Waals surface area (Å²) in [4.78, 5) is 28.5. The van der Waals surface area contributed by atoms with E-state index in [9.17, 15) is 14.7 Å². The predicted molar refractivity (Wildman–Crippen MR) is 125 cm³/mol. The number of aliphatic hydroxyl groups is 1. The third kappa shape index (κ3) is 5.52. The summed E-state index contributed by atoms with van der Waals surface area (Å²) in [6.07, 6.45) is 12.0. The van der Waals surface area contributed by atoms with E-state index in [0.29, 0.717) is 29.5 Å². The molecule has 1 aliphatic carbocycles. The van der Waals surface area contributed by atoms with E-state index < -0.39 is 0 Å². The second-order valence-electron chi connectivity index (χ2n) is 10.1. The zero-order valence-electron chi connectivity index (χ0n) is 19.3.